The van der Waals surface area contributed by atoms with Crippen molar-refractivity contribution in [2.45, 2.75) is 130 Å². The first-order chi connectivity index (χ1) is 16.3. The van der Waals surface area contributed by atoms with Crippen molar-refractivity contribution in [2.24, 2.45) is 40.9 Å². The Morgan fingerprint density at radius 3 is 2.41 bits per heavy atom. The lowest BCUT2D eigenvalue weighted by atomic mass is 9.47. The SMILES string of the molecule is CCCCCCCCCCC(=O)O[C@H]1CCC2C3C(C)CC4=CC(=O)CCC4C3C(C)C[C@@]21C. The van der Waals surface area contributed by atoms with E-state index in [2.05, 4.69) is 27.7 Å². The summed E-state index contributed by atoms with van der Waals surface area (Å²) in [6, 6.07) is 0. The molecule has 3 nitrogen and oxygen atoms in total. The third-order valence-electron chi connectivity index (χ3n) is 10.4. The number of hydrogen-bond donors (Lipinski definition) is 0. The van der Waals surface area contributed by atoms with Gasteiger partial charge < -0.3 is 4.74 Å². The van der Waals surface area contributed by atoms with Crippen LogP contribution in [0.2, 0.25) is 0 Å². The molecule has 0 aliphatic heterocycles. The van der Waals surface area contributed by atoms with Crippen LogP contribution in [0.3, 0.4) is 0 Å². The Balaban J connectivity index is 1.32. The fourth-order valence-electron chi connectivity index (χ4n) is 8.90. The number of carbonyl (C=O) groups excluding carboxylic acids is 2. The van der Waals surface area contributed by atoms with Gasteiger partial charge in [0.2, 0.25) is 0 Å². The number of unbranched alkanes of at least 4 members (excludes halogenated alkanes) is 7. The summed E-state index contributed by atoms with van der Waals surface area (Å²) in [7, 11) is 0. The molecule has 3 heteroatoms. The molecule has 0 saturated heterocycles. The summed E-state index contributed by atoms with van der Waals surface area (Å²) in [4.78, 5) is 24.9. The van der Waals surface area contributed by atoms with Crippen LogP contribution >= 0.6 is 0 Å². The molecular formula is C31H50O3. The molecule has 4 rings (SSSR count). The van der Waals surface area contributed by atoms with Crippen molar-refractivity contribution in [1.29, 1.82) is 0 Å². The molecule has 0 bridgehead atoms. The Bertz CT molecular complexity index is 754. The number of rotatable bonds is 10. The summed E-state index contributed by atoms with van der Waals surface area (Å²) in [6.07, 6.45) is 19.0. The van der Waals surface area contributed by atoms with E-state index < -0.39 is 0 Å². The van der Waals surface area contributed by atoms with Gasteiger partial charge in [-0.15, -0.1) is 0 Å². The summed E-state index contributed by atoms with van der Waals surface area (Å²) < 4.78 is 6.23. The lowest BCUT2D eigenvalue weighted by Gasteiger charge is -2.58. The number of hydrogen-bond acceptors (Lipinski definition) is 3. The van der Waals surface area contributed by atoms with Gasteiger partial charge in [0.15, 0.2) is 5.78 Å². The van der Waals surface area contributed by atoms with E-state index in [0.717, 1.165) is 38.5 Å². The molecule has 4 aliphatic carbocycles. The molecule has 3 saturated carbocycles. The predicted octanol–water partition coefficient (Wildman–Crippen LogP) is 8.06. The molecule has 0 N–H and O–H groups in total. The highest BCUT2D eigenvalue weighted by Gasteiger charge is 2.60. The quantitative estimate of drug-likeness (QED) is 0.239. The Hall–Kier alpha value is -1.12. The lowest BCUT2D eigenvalue weighted by Crippen LogP contribution is -2.54. The fraction of sp³-hybridized carbons (Fsp3) is 0.871. The summed E-state index contributed by atoms with van der Waals surface area (Å²) in [5.74, 6) is 4.31. The number of allylic oxidation sites excluding steroid dienone is 1. The van der Waals surface area contributed by atoms with E-state index in [-0.39, 0.29) is 17.5 Å². The van der Waals surface area contributed by atoms with Gasteiger partial charge in [-0.2, -0.15) is 0 Å². The molecule has 192 valence electrons. The summed E-state index contributed by atoms with van der Waals surface area (Å²) >= 11 is 0. The normalized spacial score (nSPS) is 39.1. The smallest absolute Gasteiger partial charge is 0.306 e. The highest BCUT2D eigenvalue weighted by atomic mass is 16.5. The van der Waals surface area contributed by atoms with E-state index in [0.29, 0.717) is 47.7 Å². The van der Waals surface area contributed by atoms with Crippen molar-refractivity contribution >= 4 is 11.8 Å². The molecule has 0 aromatic rings. The van der Waals surface area contributed by atoms with E-state index >= 15 is 0 Å². The molecule has 0 spiro atoms. The summed E-state index contributed by atoms with van der Waals surface area (Å²) in [5, 5.41) is 0. The predicted molar refractivity (Wildman–Crippen MR) is 138 cm³/mol. The topological polar surface area (TPSA) is 43.4 Å². The number of ether oxygens (including phenoxy) is 1. The number of carbonyl (C=O) groups is 2. The minimum absolute atomic E-state index is 0.0420. The van der Waals surface area contributed by atoms with E-state index in [1.54, 1.807) is 0 Å². The molecule has 0 aromatic carbocycles. The molecular weight excluding hydrogens is 420 g/mol. The van der Waals surface area contributed by atoms with Crippen molar-refractivity contribution in [3.8, 4) is 0 Å². The average molecular weight is 471 g/mol. The van der Waals surface area contributed by atoms with Crippen LogP contribution < -0.4 is 0 Å². The molecule has 6 unspecified atom stereocenters. The Morgan fingerprint density at radius 2 is 1.68 bits per heavy atom. The van der Waals surface area contributed by atoms with E-state index in [4.69, 9.17) is 4.74 Å². The Kier molecular flexibility index (Phi) is 8.62. The fourth-order valence-corrected chi connectivity index (χ4v) is 8.90. The zero-order valence-corrected chi connectivity index (χ0v) is 22.5. The van der Waals surface area contributed by atoms with Crippen molar-refractivity contribution in [3.63, 3.8) is 0 Å². The second-order valence-electron chi connectivity index (χ2n) is 12.7. The van der Waals surface area contributed by atoms with Crippen molar-refractivity contribution in [2.75, 3.05) is 0 Å². The van der Waals surface area contributed by atoms with Crippen LogP contribution in [0, 0.1) is 40.9 Å². The molecule has 34 heavy (non-hydrogen) atoms. The van der Waals surface area contributed by atoms with Gasteiger partial charge in [0.25, 0.3) is 0 Å². The molecule has 0 aromatic heterocycles. The van der Waals surface area contributed by atoms with Gasteiger partial charge >= 0.3 is 5.97 Å². The van der Waals surface area contributed by atoms with Crippen LogP contribution in [0.25, 0.3) is 0 Å². The van der Waals surface area contributed by atoms with Gasteiger partial charge in [-0.05, 0) is 80.1 Å². The molecule has 4 aliphatic rings. The van der Waals surface area contributed by atoms with E-state index in [9.17, 15) is 9.59 Å². The molecule has 0 heterocycles. The summed E-state index contributed by atoms with van der Waals surface area (Å²) in [6.45, 7) is 9.57. The van der Waals surface area contributed by atoms with Crippen molar-refractivity contribution in [1.82, 2.24) is 0 Å². The van der Waals surface area contributed by atoms with Crippen LogP contribution in [-0.2, 0) is 14.3 Å². The van der Waals surface area contributed by atoms with Crippen LogP contribution in [0.4, 0.5) is 0 Å². The lowest BCUT2D eigenvalue weighted by molar-refractivity contribution is -0.162. The largest absolute Gasteiger partial charge is 0.462 e. The molecule has 0 amide bonds. The number of fused-ring (bicyclic) bond motifs is 5. The maximum atomic E-state index is 12.8. The monoisotopic (exact) mass is 470 g/mol. The van der Waals surface area contributed by atoms with Gasteiger partial charge in [0.05, 0.1) is 0 Å². The van der Waals surface area contributed by atoms with E-state index in [1.165, 1.54) is 56.9 Å². The first-order valence-electron chi connectivity index (χ1n) is 14.8. The first kappa shape index (κ1) is 26.0. The standard InChI is InChI=1S/C31H50O3/c1-5-6-7-8-9-10-11-12-13-28(33)34-27-17-16-26-30-21(2)18-23-19-24(32)14-15-25(23)29(30)22(3)20-31(26,27)4/h19,21-22,25-27,29-30H,5-18,20H2,1-4H3/t21?,22?,25?,26?,27-,29?,30?,31-/m0/s1. The third kappa shape index (κ3) is 5.34. The van der Waals surface area contributed by atoms with Crippen molar-refractivity contribution < 1.29 is 14.3 Å². The highest BCUT2D eigenvalue weighted by molar-refractivity contribution is 5.91. The van der Waals surface area contributed by atoms with Crippen molar-refractivity contribution in [3.05, 3.63) is 11.6 Å². The van der Waals surface area contributed by atoms with Gasteiger partial charge in [0.1, 0.15) is 6.10 Å². The minimum atomic E-state index is 0.0420. The minimum Gasteiger partial charge on any atom is -0.462 e. The molecule has 0 radical (unpaired) electrons. The second kappa shape index (κ2) is 11.3. The van der Waals surface area contributed by atoms with Gasteiger partial charge in [-0.3, -0.25) is 9.59 Å². The highest BCUT2D eigenvalue weighted by Crippen LogP contribution is 2.65. The van der Waals surface area contributed by atoms with Gasteiger partial charge in [-0.25, -0.2) is 0 Å². The van der Waals surface area contributed by atoms with Gasteiger partial charge in [0, 0.05) is 18.3 Å². The maximum absolute atomic E-state index is 12.8. The molecule has 3 fully saturated rings. The van der Waals surface area contributed by atoms with Crippen LogP contribution in [0.1, 0.15) is 124 Å². The zero-order valence-electron chi connectivity index (χ0n) is 22.5. The number of ketones is 1. The van der Waals surface area contributed by atoms with Crippen LogP contribution in [-0.4, -0.2) is 17.9 Å². The van der Waals surface area contributed by atoms with Gasteiger partial charge in [-0.1, -0.05) is 78.2 Å². The van der Waals surface area contributed by atoms with Crippen LogP contribution in [0.15, 0.2) is 11.6 Å². The average Bonchev–Trinajstić information content (AvgIpc) is 3.10. The van der Waals surface area contributed by atoms with Crippen LogP contribution in [0.5, 0.6) is 0 Å². The summed E-state index contributed by atoms with van der Waals surface area (Å²) in [5.41, 5.74) is 1.57. The Morgan fingerprint density at radius 1 is 0.971 bits per heavy atom. The maximum Gasteiger partial charge on any atom is 0.306 e. The third-order valence-corrected chi connectivity index (χ3v) is 10.4. The van der Waals surface area contributed by atoms with E-state index in [1.807, 2.05) is 6.08 Å². The zero-order chi connectivity index (χ0) is 24.3. The molecule has 8 atom stereocenters. The number of esters is 1. The Labute approximate surface area is 208 Å². The second-order valence-corrected chi connectivity index (χ2v) is 12.7. The first-order valence-corrected chi connectivity index (χ1v) is 14.8.